The van der Waals surface area contributed by atoms with Crippen LogP contribution in [-0.2, 0) is 4.79 Å². The van der Waals surface area contributed by atoms with Gasteiger partial charge in [-0.05, 0) is 43.7 Å². The summed E-state index contributed by atoms with van der Waals surface area (Å²) in [5, 5.41) is 8.25. The Hall–Kier alpha value is -1.50. The lowest BCUT2D eigenvalue weighted by molar-refractivity contribution is -0.118. The molecule has 0 aliphatic carbocycles. The number of nitrogens with zero attached hydrogens (tertiary/aromatic N) is 1. The normalized spacial score (nSPS) is 11.9. The van der Waals surface area contributed by atoms with Crippen molar-refractivity contribution in [2.75, 3.05) is 12.4 Å². The number of benzene rings is 1. The molecule has 0 fully saturated rings. The van der Waals surface area contributed by atoms with Crippen molar-refractivity contribution in [2.24, 2.45) is 5.92 Å². The van der Waals surface area contributed by atoms with Crippen LogP contribution in [0.5, 0.6) is 0 Å². The van der Waals surface area contributed by atoms with Gasteiger partial charge in [0.05, 0.1) is 11.7 Å². The molecule has 0 aliphatic rings. The van der Waals surface area contributed by atoms with Crippen LogP contribution in [-0.4, -0.2) is 24.0 Å². The van der Waals surface area contributed by atoms with Gasteiger partial charge in [0, 0.05) is 10.9 Å². The molecular formula is C16H21ClFN3OS. The first-order chi connectivity index (χ1) is 10.5. The molecule has 0 aliphatic heterocycles. The molecular weight excluding hydrogens is 337 g/mol. The molecule has 0 saturated carbocycles. The number of likely N-dealkylation sites (N-methyl/N-ethyl adjacent to an activating group) is 1. The number of halogens is 2. The summed E-state index contributed by atoms with van der Waals surface area (Å²) in [6, 6.07) is 5.90. The highest BCUT2D eigenvalue weighted by Gasteiger charge is 2.19. The average Bonchev–Trinajstić information content (AvgIpc) is 2.93. The van der Waals surface area contributed by atoms with Crippen molar-refractivity contribution in [3.05, 3.63) is 35.5 Å². The number of aromatic nitrogens is 1. The minimum atomic E-state index is -0.280. The van der Waals surface area contributed by atoms with Gasteiger partial charge in [-0.3, -0.25) is 4.79 Å². The van der Waals surface area contributed by atoms with Gasteiger partial charge in [-0.25, -0.2) is 9.37 Å². The summed E-state index contributed by atoms with van der Waals surface area (Å²) >= 11 is 1.36. The summed E-state index contributed by atoms with van der Waals surface area (Å²) in [6.07, 6.45) is 0.762. The van der Waals surface area contributed by atoms with Crippen LogP contribution in [0.1, 0.15) is 20.3 Å². The molecule has 0 unspecified atom stereocenters. The second-order valence-electron chi connectivity index (χ2n) is 5.50. The molecule has 1 aromatic heterocycles. The maximum atomic E-state index is 12.9. The Bertz CT molecular complexity index is 631. The fourth-order valence-corrected chi connectivity index (χ4v) is 2.83. The van der Waals surface area contributed by atoms with Crippen molar-refractivity contribution < 1.29 is 9.18 Å². The third kappa shape index (κ3) is 5.57. The van der Waals surface area contributed by atoms with Crippen LogP contribution in [0, 0.1) is 11.7 Å². The molecule has 126 valence electrons. The molecule has 2 rings (SSSR count). The van der Waals surface area contributed by atoms with Crippen molar-refractivity contribution in [1.29, 1.82) is 0 Å². The van der Waals surface area contributed by atoms with Crippen molar-refractivity contribution in [3.63, 3.8) is 0 Å². The predicted octanol–water partition coefficient (Wildman–Crippen LogP) is 3.94. The van der Waals surface area contributed by atoms with Gasteiger partial charge in [0.15, 0.2) is 5.13 Å². The zero-order chi connectivity index (χ0) is 16.1. The first-order valence-electron chi connectivity index (χ1n) is 7.19. The molecule has 7 heteroatoms. The summed E-state index contributed by atoms with van der Waals surface area (Å²) in [4.78, 5) is 16.6. The number of hydrogen-bond acceptors (Lipinski definition) is 4. The monoisotopic (exact) mass is 357 g/mol. The van der Waals surface area contributed by atoms with E-state index in [-0.39, 0.29) is 30.2 Å². The quantitative estimate of drug-likeness (QED) is 0.823. The topological polar surface area (TPSA) is 54.0 Å². The molecule has 0 radical (unpaired) electrons. The van der Waals surface area contributed by atoms with E-state index < -0.39 is 0 Å². The summed E-state index contributed by atoms with van der Waals surface area (Å²) in [5.74, 6) is 0.0588. The van der Waals surface area contributed by atoms with E-state index in [1.807, 2.05) is 5.38 Å². The minimum absolute atomic E-state index is 0. The Balaban J connectivity index is 0.00000264. The van der Waals surface area contributed by atoms with E-state index in [4.69, 9.17) is 0 Å². The van der Waals surface area contributed by atoms with E-state index in [1.165, 1.54) is 23.5 Å². The van der Waals surface area contributed by atoms with E-state index in [0.717, 1.165) is 17.7 Å². The third-order valence-electron chi connectivity index (χ3n) is 3.25. The average molecular weight is 358 g/mol. The van der Waals surface area contributed by atoms with Crippen LogP contribution < -0.4 is 10.6 Å². The maximum Gasteiger partial charge on any atom is 0.243 e. The molecule has 0 saturated heterocycles. The van der Waals surface area contributed by atoms with Crippen LogP contribution in [0.4, 0.5) is 9.52 Å². The Labute approximate surface area is 145 Å². The van der Waals surface area contributed by atoms with E-state index in [2.05, 4.69) is 29.5 Å². The molecule has 1 amide bonds. The number of amides is 1. The zero-order valence-corrected chi connectivity index (χ0v) is 14.9. The van der Waals surface area contributed by atoms with Crippen LogP contribution in [0.25, 0.3) is 11.3 Å². The smallest absolute Gasteiger partial charge is 0.243 e. The molecule has 0 spiro atoms. The highest BCUT2D eigenvalue weighted by atomic mass is 35.5. The van der Waals surface area contributed by atoms with E-state index >= 15 is 0 Å². The van der Waals surface area contributed by atoms with Gasteiger partial charge < -0.3 is 10.6 Å². The number of carbonyl (C=O) groups excluding carboxylic acids is 1. The van der Waals surface area contributed by atoms with Gasteiger partial charge in [-0.15, -0.1) is 23.7 Å². The number of thiazole rings is 1. The lowest BCUT2D eigenvalue weighted by Gasteiger charge is -2.16. The van der Waals surface area contributed by atoms with Crippen LogP contribution in [0.15, 0.2) is 29.6 Å². The maximum absolute atomic E-state index is 12.9. The number of nitrogens with one attached hydrogen (secondary N) is 2. The molecule has 2 aromatic rings. The number of rotatable bonds is 6. The minimum Gasteiger partial charge on any atom is -0.309 e. The fourth-order valence-electron chi connectivity index (χ4n) is 2.10. The SMILES string of the molecule is CN[C@@H](CC(C)C)C(=O)Nc1nc(-c2ccc(F)cc2)cs1.Cl. The largest absolute Gasteiger partial charge is 0.309 e. The van der Waals surface area contributed by atoms with Crippen molar-refractivity contribution in [1.82, 2.24) is 10.3 Å². The van der Waals surface area contributed by atoms with Gasteiger partial charge in [0.1, 0.15) is 5.82 Å². The van der Waals surface area contributed by atoms with Gasteiger partial charge in [-0.1, -0.05) is 13.8 Å². The number of anilines is 1. The Kier molecular flexibility index (Phi) is 7.61. The first kappa shape index (κ1) is 19.5. The second kappa shape index (κ2) is 8.96. The first-order valence-corrected chi connectivity index (χ1v) is 8.07. The zero-order valence-electron chi connectivity index (χ0n) is 13.3. The molecule has 0 bridgehead atoms. The third-order valence-corrected chi connectivity index (χ3v) is 4.00. The van der Waals surface area contributed by atoms with Crippen molar-refractivity contribution in [2.45, 2.75) is 26.3 Å². The highest BCUT2D eigenvalue weighted by molar-refractivity contribution is 7.14. The van der Waals surface area contributed by atoms with Crippen LogP contribution in [0.2, 0.25) is 0 Å². The lowest BCUT2D eigenvalue weighted by Crippen LogP contribution is -2.39. The second-order valence-corrected chi connectivity index (χ2v) is 6.36. The number of hydrogen-bond donors (Lipinski definition) is 2. The summed E-state index contributed by atoms with van der Waals surface area (Å²) in [6.45, 7) is 4.15. The molecule has 4 nitrogen and oxygen atoms in total. The number of carbonyl (C=O) groups is 1. The van der Waals surface area contributed by atoms with Gasteiger partial charge in [0.25, 0.3) is 0 Å². The summed E-state index contributed by atoms with van der Waals surface area (Å²) in [5.41, 5.74) is 1.55. The van der Waals surface area contributed by atoms with Crippen LogP contribution >= 0.6 is 23.7 Å². The predicted molar refractivity (Wildman–Crippen MR) is 95.7 cm³/mol. The molecule has 1 atom stereocenters. The fraction of sp³-hybridized carbons (Fsp3) is 0.375. The Morgan fingerprint density at radius 1 is 1.30 bits per heavy atom. The van der Waals surface area contributed by atoms with Gasteiger partial charge in [0.2, 0.25) is 5.91 Å². The lowest BCUT2D eigenvalue weighted by atomic mass is 10.0. The van der Waals surface area contributed by atoms with Gasteiger partial charge >= 0.3 is 0 Å². The Morgan fingerprint density at radius 2 is 1.96 bits per heavy atom. The summed E-state index contributed by atoms with van der Waals surface area (Å²) < 4.78 is 12.9. The molecule has 2 N–H and O–H groups in total. The summed E-state index contributed by atoms with van der Waals surface area (Å²) in [7, 11) is 1.78. The van der Waals surface area contributed by atoms with E-state index in [9.17, 15) is 9.18 Å². The van der Waals surface area contributed by atoms with E-state index in [0.29, 0.717) is 11.0 Å². The van der Waals surface area contributed by atoms with Gasteiger partial charge in [-0.2, -0.15) is 0 Å². The van der Waals surface area contributed by atoms with E-state index in [1.54, 1.807) is 19.2 Å². The molecule has 23 heavy (non-hydrogen) atoms. The molecule has 1 heterocycles. The van der Waals surface area contributed by atoms with Crippen LogP contribution in [0.3, 0.4) is 0 Å². The van der Waals surface area contributed by atoms with Crippen molar-refractivity contribution in [3.8, 4) is 11.3 Å². The highest BCUT2D eigenvalue weighted by Crippen LogP contribution is 2.25. The van der Waals surface area contributed by atoms with Crippen molar-refractivity contribution >= 4 is 34.8 Å². The molecule has 1 aromatic carbocycles. The Morgan fingerprint density at radius 3 is 2.52 bits per heavy atom. The standard InChI is InChI=1S/C16H20FN3OS.ClH/c1-10(2)8-13(18-3)15(21)20-16-19-14(9-22-16)11-4-6-12(17)7-5-11;/h4-7,9-10,13,18H,8H2,1-3H3,(H,19,20,21);1H/t13-;/m0./s1.